The van der Waals surface area contributed by atoms with Crippen molar-refractivity contribution in [2.45, 2.75) is 31.3 Å². The molecular formula is C21H20ClF3N4O2S. The van der Waals surface area contributed by atoms with Gasteiger partial charge >= 0.3 is 6.18 Å². The molecule has 32 heavy (non-hydrogen) atoms. The molecule has 0 bridgehead atoms. The molecule has 11 heteroatoms. The Kier molecular flexibility index (Phi) is 7.35. The largest absolute Gasteiger partial charge is 0.481 e. The fraction of sp³-hybridized carbons (Fsp3) is 0.286. The molecule has 1 unspecified atom stereocenters. The second-order valence-corrected chi connectivity index (χ2v) is 8.32. The topological polar surface area (TPSA) is 69.0 Å². The maximum Gasteiger partial charge on any atom is 0.418 e. The molecule has 3 rings (SSSR count). The summed E-state index contributed by atoms with van der Waals surface area (Å²) in [5.74, 6) is 0.288. The van der Waals surface area contributed by atoms with Gasteiger partial charge in [-0.25, -0.2) is 0 Å². The summed E-state index contributed by atoms with van der Waals surface area (Å²) in [7, 11) is 1.71. The van der Waals surface area contributed by atoms with E-state index in [1.165, 1.54) is 18.2 Å². The number of carbonyl (C=O) groups is 1. The number of alkyl halides is 3. The highest BCUT2D eigenvalue weighted by Crippen LogP contribution is 2.35. The molecule has 2 aromatic carbocycles. The summed E-state index contributed by atoms with van der Waals surface area (Å²) in [6.45, 7) is 3.71. The molecule has 170 valence electrons. The Morgan fingerprint density at radius 3 is 2.69 bits per heavy atom. The number of halogens is 4. The Hall–Kier alpha value is -2.72. The van der Waals surface area contributed by atoms with E-state index in [4.69, 9.17) is 16.3 Å². The molecule has 1 amide bonds. The van der Waals surface area contributed by atoms with Crippen molar-refractivity contribution in [3.05, 3.63) is 64.4 Å². The molecule has 1 aromatic heterocycles. The van der Waals surface area contributed by atoms with Gasteiger partial charge in [-0.05, 0) is 43.7 Å². The van der Waals surface area contributed by atoms with Crippen LogP contribution in [0.1, 0.15) is 30.0 Å². The highest BCUT2D eigenvalue weighted by molar-refractivity contribution is 7.99. The van der Waals surface area contributed by atoms with Gasteiger partial charge in [-0.3, -0.25) is 4.79 Å². The number of carbonyl (C=O) groups excluding carboxylic acids is 1. The van der Waals surface area contributed by atoms with Crippen molar-refractivity contribution in [1.29, 1.82) is 0 Å². The molecular weight excluding hydrogens is 465 g/mol. The zero-order valence-corrected chi connectivity index (χ0v) is 19.0. The molecule has 3 aromatic rings. The lowest BCUT2D eigenvalue weighted by atomic mass is 10.1. The fourth-order valence-corrected chi connectivity index (χ4v) is 3.79. The molecule has 0 aliphatic rings. The standard InChI is InChI=1S/C21H20ClF3N4O2S/c1-12-8-9-15(22)17(10-12)31-13(2)19-27-28-20(29(19)3)32-11-18(30)26-16-7-5-4-6-14(16)21(23,24)25/h4-10,13H,11H2,1-3H3,(H,26,30). The number of amides is 1. The first kappa shape index (κ1) is 23.9. The number of aromatic nitrogens is 3. The smallest absolute Gasteiger partial charge is 0.418 e. The summed E-state index contributed by atoms with van der Waals surface area (Å²) in [5.41, 5.74) is -0.203. The van der Waals surface area contributed by atoms with Gasteiger partial charge in [0.1, 0.15) is 5.75 Å². The Labute approximate surface area is 192 Å². The highest BCUT2D eigenvalue weighted by Gasteiger charge is 2.33. The average molecular weight is 485 g/mol. The number of ether oxygens (including phenoxy) is 1. The number of aryl methyl sites for hydroxylation is 1. The number of rotatable bonds is 7. The van der Waals surface area contributed by atoms with E-state index >= 15 is 0 Å². The van der Waals surface area contributed by atoms with E-state index in [9.17, 15) is 18.0 Å². The summed E-state index contributed by atoms with van der Waals surface area (Å²) >= 11 is 7.23. The first-order valence-corrected chi connectivity index (χ1v) is 10.8. The second kappa shape index (κ2) is 9.83. The molecule has 1 atom stereocenters. The van der Waals surface area contributed by atoms with Gasteiger partial charge in [0.15, 0.2) is 17.1 Å². The molecule has 6 nitrogen and oxygen atoms in total. The van der Waals surface area contributed by atoms with Gasteiger partial charge < -0.3 is 14.6 Å². The normalized spacial score (nSPS) is 12.5. The molecule has 0 aliphatic carbocycles. The van der Waals surface area contributed by atoms with Crippen LogP contribution in [0.5, 0.6) is 5.75 Å². The van der Waals surface area contributed by atoms with Crippen LogP contribution in [0.3, 0.4) is 0 Å². The summed E-state index contributed by atoms with van der Waals surface area (Å²) in [5, 5.41) is 11.4. The number of hydrogen-bond acceptors (Lipinski definition) is 5. The average Bonchev–Trinajstić information content (AvgIpc) is 3.09. The molecule has 1 N–H and O–H groups in total. The minimum Gasteiger partial charge on any atom is -0.481 e. The zero-order chi connectivity index (χ0) is 23.5. The van der Waals surface area contributed by atoms with Gasteiger partial charge in [-0.15, -0.1) is 10.2 Å². The van der Waals surface area contributed by atoms with Crippen molar-refractivity contribution >= 4 is 35.0 Å². The number of anilines is 1. The van der Waals surface area contributed by atoms with E-state index in [0.29, 0.717) is 21.8 Å². The van der Waals surface area contributed by atoms with Crippen LogP contribution in [-0.2, 0) is 18.0 Å². The third-order valence-corrected chi connectivity index (χ3v) is 5.79. The number of nitrogens with one attached hydrogen (secondary N) is 1. The van der Waals surface area contributed by atoms with Crippen LogP contribution in [0.2, 0.25) is 5.02 Å². The van der Waals surface area contributed by atoms with Gasteiger partial charge in [-0.1, -0.05) is 41.6 Å². The first-order valence-electron chi connectivity index (χ1n) is 9.47. The van der Waals surface area contributed by atoms with Gasteiger partial charge in [0.05, 0.1) is 22.0 Å². The third kappa shape index (κ3) is 5.74. The fourth-order valence-electron chi connectivity index (χ4n) is 2.91. The van der Waals surface area contributed by atoms with Crippen molar-refractivity contribution in [2.24, 2.45) is 7.05 Å². The Bertz CT molecular complexity index is 1120. The number of nitrogens with zero attached hydrogens (tertiary/aromatic N) is 3. The van der Waals surface area contributed by atoms with Crippen LogP contribution < -0.4 is 10.1 Å². The number of benzene rings is 2. The predicted molar refractivity (Wildman–Crippen MR) is 117 cm³/mol. The zero-order valence-electron chi connectivity index (χ0n) is 17.4. The minimum atomic E-state index is -4.56. The van der Waals surface area contributed by atoms with Crippen molar-refractivity contribution in [2.75, 3.05) is 11.1 Å². The van der Waals surface area contributed by atoms with E-state index in [2.05, 4.69) is 15.5 Å². The number of thioether (sulfide) groups is 1. The summed E-state index contributed by atoms with van der Waals surface area (Å²) in [6, 6.07) is 10.2. The number of para-hydroxylation sites is 1. The van der Waals surface area contributed by atoms with Gasteiger partial charge in [0, 0.05) is 7.05 Å². The lowest BCUT2D eigenvalue weighted by molar-refractivity contribution is -0.137. The third-order valence-electron chi connectivity index (χ3n) is 4.46. The van der Waals surface area contributed by atoms with Crippen LogP contribution in [0, 0.1) is 6.92 Å². The maximum absolute atomic E-state index is 13.1. The quantitative estimate of drug-likeness (QED) is 0.438. The van der Waals surface area contributed by atoms with E-state index in [-0.39, 0.29) is 11.4 Å². The molecule has 0 fully saturated rings. The van der Waals surface area contributed by atoms with Crippen LogP contribution in [-0.4, -0.2) is 26.4 Å². The second-order valence-electron chi connectivity index (χ2n) is 6.97. The van der Waals surface area contributed by atoms with Crippen molar-refractivity contribution in [1.82, 2.24) is 14.8 Å². The lowest BCUT2D eigenvalue weighted by Crippen LogP contribution is -2.18. The molecule has 0 aliphatic heterocycles. The summed E-state index contributed by atoms with van der Waals surface area (Å²) < 4.78 is 46.8. The monoisotopic (exact) mass is 484 g/mol. The Balaban J connectivity index is 1.64. The van der Waals surface area contributed by atoms with Crippen LogP contribution in [0.25, 0.3) is 0 Å². The Morgan fingerprint density at radius 1 is 1.25 bits per heavy atom. The first-order chi connectivity index (χ1) is 15.1. The minimum absolute atomic E-state index is 0.142. The van der Waals surface area contributed by atoms with Crippen molar-refractivity contribution in [3.63, 3.8) is 0 Å². The van der Waals surface area contributed by atoms with E-state index in [0.717, 1.165) is 23.4 Å². The summed E-state index contributed by atoms with van der Waals surface area (Å²) in [6.07, 6.45) is -5.04. The molecule has 0 radical (unpaired) electrons. The molecule has 0 saturated heterocycles. The maximum atomic E-state index is 13.1. The molecule has 0 spiro atoms. The Morgan fingerprint density at radius 2 is 1.97 bits per heavy atom. The lowest BCUT2D eigenvalue weighted by Gasteiger charge is -2.16. The van der Waals surface area contributed by atoms with E-state index in [1.807, 2.05) is 19.1 Å². The van der Waals surface area contributed by atoms with Gasteiger partial charge in [0.25, 0.3) is 0 Å². The van der Waals surface area contributed by atoms with Gasteiger partial charge in [0.2, 0.25) is 5.91 Å². The van der Waals surface area contributed by atoms with Crippen LogP contribution in [0.4, 0.5) is 18.9 Å². The molecule has 0 saturated carbocycles. The van der Waals surface area contributed by atoms with Crippen molar-refractivity contribution in [3.8, 4) is 5.75 Å². The highest BCUT2D eigenvalue weighted by atomic mass is 35.5. The predicted octanol–water partition coefficient (Wildman–Crippen LogP) is 5.67. The van der Waals surface area contributed by atoms with E-state index < -0.39 is 23.8 Å². The van der Waals surface area contributed by atoms with Crippen LogP contribution in [0.15, 0.2) is 47.6 Å². The van der Waals surface area contributed by atoms with Crippen molar-refractivity contribution < 1.29 is 22.7 Å². The molecule has 1 heterocycles. The summed E-state index contributed by atoms with van der Waals surface area (Å²) in [4.78, 5) is 12.2. The number of hydrogen-bond donors (Lipinski definition) is 1. The van der Waals surface area contributed by atoms with E-state index in [1.54, 1.807) is 24.6 Å². The van der Waals surface area contributed by atoms with Gasteiger partial charge in [-0.2, -0.15) is 13.2 Å². The SMILES string of the molecule is Cc1ccc(Cl)c(OC(C)c2nnc(SCC(=O)Nc3ccccc3C(F)(F)F)n2C)c1. The van der Waals surface area contributed by atoms with Crippen LogP contribution >= 0.6 is 23.4 Å².